The lowest BCUT2D eigenvalue weighted by molar-refractivity contribution is -0.127. The molecule has 6 nitrogen and oxygen atoms in total. The van der Waals surface area contributed by atoms with Gasteiger partial charge in [-0.15, -0.1) is 0 Å². The normalized spacial score (nSPS) is 24.9. The van der Waals surface area contributed by atoms with E-state index in [-0.39, 0.29) is 11.7 Å². The number of carbonyl (C=O) groups is 1. The smallest absolute Gasteiger partial charge is 0.256 e. The largest absolute Gasteiger partial charge is 0.494 e. The zero-order valence-electron chi connectivity index (χ0n) is 13.6. The minimum absolute atomic E-state index is 0.0985. The fourth-order valence-electron chi connectivity index (χ4n) is 3.00. The molecule has 2 atom stereocenters. The number of anilines is 1. The van der Waals surface area contributed by atoms with Crippen LogP contribution in [0.4, 0.5) is 5.69 Å². The summed E-state index contributed by atoms with van der Waals surface area (Å²) in [6, 6.07) is 6.60. The number of rotatable bonds is 5. The van der Waals surface area contributed by atoms with E-state index < -0.39 is 22.0 Å². The van der Waals surface area contributed by atoms with Gasteiger partial charge in [0.25, 0.3) is 5.91 Å². The van der Waals surface area contributed by atoms with Gasteiger partial charge in [-0.1, -0.05) is 0 Å². The van der Waals surface area contributed by atoms with Gasteiger partial charge in [0, 0.05) is 17.7 Å². The van der Waals surface area contributed by atoms with Crippen LogP contribution in [0.5, 0.6) is 5.75 Å². The van der Waals surface area contributed by atoms with Crippen LogP contribution < -0.4 is 9.64 Å². The van der Waals surface area contributed by atoms with Gasteiger partial charge in [-0.05, 0) is 50.1 Å². The van der Waals surface area contributed by atoms with Crippen LogP contribution in [0.25, 0.3) is 0 Å². The lowest BCUT2D eigenvalue weighted by Crippen LogP contribution is -2.46. The molecule has 2 heterocycles. The second-order valence-electron chi connectivity index (χ2n) is 5.86. The molecule has 24 heavy (non-hydrogen) atoms. The topological polar surface area (TPSA) is 72.9 Å². The monoisotopic (exact) mass is 351 g/mol. The number of carbonyl (C=O) groups excluding carboxylic acids is 1. The molecule has 2 aliphatic rings. The molecule has 7 heteroatoms. The Morgan fingerprint density at radius 3 is 2.62 bits per heavy atom. The maximum atomic E-state index is 12.9. The number of hydrogen-bond donors (Lipinski definition) is 0. The molecule has 130 valence electrons. The Morgan fingerprint density at radius 1 is 1.33 bits per heavy atom. The van der Waals surface area contributed by atoms with Gasteiger partial charge in [0.1, 0.15) is 11.9 Å². The summed E-state index contributed by atoms with van der Waals surface area (Å²) in [5, 5.41) is 1.18. The van der Waals surface area contributed by atoms with Gasteiger partial charge >= 0.3 is 0 Å². The molecule has 0 saturated carbocycles. The van der Waals surface area contributed by atoms with E-state index in [9.17, 15) is 13.2 Å². The van der Waals surface area contributed by atoms with E-state index in [0.717, 1.165) is 6.42 Å². The van der Waals surface area contributed by atoms with E-state index in [1.807, 2.05) is 6.92 Å². The van der Waals surface area contributed by atoms with Crippen molar-refractivity contribution in [1.29, 1.82) is 0 Å². The van der Waals surface area contributed by atoms with Crippen molar-refractivity contribution in [1.82, 2.24) is 0 Å². The molecule has 0 aromatic heterocycles. The molecular formula is C17H21NO5S. The lowest BCUT2D eigenvalue weighted by atomic mass is 10.1. The van der Waals surface area contributed by atoms with Crippen LogP contribution >= 0.6 is 0 Å². The first kappa shape index (κ1) is 17.0. The number of amides is 1. The number of benzene rings is 1. The molecule has 0 unspecified atom stereocenters. The molecule has 0 bridgehead atoms. The Hall–Kier alpha value is -1.86. The number of hydrogen-bond acceptors (Lipinski definition) is 5. The fraction of sp³-hybridized carbons (Fsp3) is 0.471. The van der Waals surface area contributed by atoms with Crippen LogP contribution in [0.15, 0.2) is 35.7 Å². The highest BCUT2D eigenvalue weighted by Gasteiger charge is 2.36. The molecule has 0 aliphatic carbocycles. The van der Waals surface area contributed by atoms with Crippen molar-refractivity contribution in [2.24, 2.45) is 0 Å². The average Bonchev–Trinajstić information content (AvgIpc) is 3.19. The van der Waals surface area contributed by atoms with Crippen molar-refractivity contribution in [2.75, 3.05) is 23.9 Å². The van der Waals surface area contributed by atoms with Crippen molar-refractivity contribution < 1.29 is 22.7 Å². The first-order valence-electron chi connectivity index (χ1n) is 8.08. The number of ether oxygens (including phenoxy) is 2. The van der Waals surface area contributed by atoms with Gasteiger partial charge in [-0.2, -0.15) is 0 Å². The van der Waals surface area contributed by atoms with E-state index in [4.69, 9.17) is 9.47 Å². The van der Waals surface area contributed by atoms with Crippen molar-refractivity contribution >= 4 is 21.4 Å². The summed E-state index contributed by atoms with van der Waals surface area (Å²) < 4.78 is 34.5. The number of sulfone groups is 1. The Bertz CT molecular complexity index is 720. The van der Waals surface area contributed by atoms with Crippen molar-refractivity contribution in [3.63, 3.8) is 0 Å². The summed E-state index contributed by atoms with van der Waals surface area (Å²) in [7, 11) is -3.26. The molecular weight excluding hydrogens is 330 g/mol. The van der Waals surface area contributed by atoms with E-state index in [2.05, 4.69) is 0 Å². The number of nitrogens with zero attached hydrogens (tertiary/aromatic N) is 1. The zero-order valence-corrected chi connectivity index (χ0v) is 14.4. The minimum atomic E-state index is -3.26. The molecule has 1 aromatic rings. The molecule has 2 aliphatic heterocycles. The fourth-order valence-corrected chi connectivity index (χ4v) is 4.27. The summed E-state index contributed by atoms with van der Waals surface area (Å²) >= 11 is 0. The van der Waals surface area contributed by atoms with Crippen LogP contribution in [0.3, 0.4) is 0 Å². The van der Waals surface area contributed by atoms with E-state index in [1.165, 1.54) is 10.3 Å². The third kappa shape index (κ3) is 3.62. The van der Waals surface area contributed by atoms with Crippen molar-refractivity contribution in [3.8, 4) is 5.75 Å². The highest BCUT2D eigenvalue weighted by molar-refractivity contribution is 7.94. The standard InChI is InChI=1S/C17H21NO5S/c1-2-22-15-7-5-13(6-8-15)18(14-9-11-24(20,21)12-14)17(19)16-4-3-10-23-16/h5-9,11,14,16H,2-4,10,12H2,1H3/t14-,16-/m0/s1. The quantitative estimate of drug-likeness (QED) is 0.810. The third-order valence-corrected chi connectivity index (χ3v) is 5.49. The van der Waals surface area contributed by atoms with Gasteiger partial charge in [-0.25, -0.2) is 8.42 Å². The predicted octanol–water partition coefficient (Wildman–Crippen LogP) is 1.91. The van der Waals surface area contributed by atoms with Gasteiger partial charge in [0.15, 0.2) is 9.84 Å². The van der Waals surface area contributed by atoms with E-state index in [0.29, 0.717) is 31.1 Å². The second-order valence-corrected chi connectivity index (χ2v) is 7.79. The van der Waals surface area contributed by atoms with E-state index in [1.54, 1.807) is 30.3 Å². The zero-order chi connectivity index (χ0) is 17.2. The second kappa shape index (κ2) is 6.94. The van der Waals surface area contributed by atoms with Crippen LogP contribution in [0.1, 0.15) is 19.8 Å². The predicted molar refractivity (Wildman–Crippen MR) is 90.8 cm³/mol. The average molecular weight is 351 g/mol. The molecule has 0 radical (unpaired) electrons. The Balaban J connectivity index is 1.89. The summed E-state index contributed by atoms with van der Waals surface area (Å²) in [5.41, 5.74) is 0.644. The molecule has 1 saturated heterocycles. The molecule has 1 fully saturated rings. The van der Waals surface area contributed by atoms with Crippen LogP contribution in [0.2, 0.25) is 0 Å². The van der Waals surface area contributed by atoms with Gasteiger partial charge < -0.3 is 14.4 Å². The highest BCUT2D eigenvalue weighted by Crippen LogP contribution is 2.28. The van der Waals surface area contributed by atoms with Crippen molar-refractivity contribution in [3.05, 3.63) is 35.7 Å². The van der Waals surface area contributed by atoms with Gasteiger partial charge in [0.05, 0.1) is 18.4 Å². The molecule has 0 spiro atoms. The molecule has 1 aromatic carbocycles. The third-order valence-electron chi connectivity index (χ3n) is 4.11. The maximum absolute atomic E-state index is 12.9. The summed E-state index contributed by atoms with van der Waals surface area (Å²) in [4.78, 5) is 14.4. The van der Waals surface area contributed by atoms with Gasteiger partial charge in [0.2, 0.25) is 0 Å². The SMILES string of the molecule is CCOc1ccc(N(C(=O)[C@@H]2CCCO2)[C@H]2C=CS(=O)(=O)C2)cc1. The van der Waals surface area contributed by atoms with Crippen LogP contribution in [0, 0.1) is 0 Å². The highest BCUT2D eigenvalue weighted by atomic mass is 32.2. The maximum Gasteiger partial charge on any atom is 0.256 e. The van der Waals surface area contributed by atoms with Crippen LogP contribution in [-0.4, -0.2) is 45.4 Å². The first-order valence-corrected chi connectivity index (χ1v) is 9.80. The summed E-state index contributed by atoms with van der Waals surface area (Å²) in [6.07, 6.45) is 2.56. The first-order chi connectivity index (χ1) is 11.5. The van der Waals surface area contributed by atoms with E-state index >= 15 is 0 Å². The Morgan fingerprint density at radius 2 is 2.08 bits per heavy atom. The molecule has 0 N–H and O–H groups in total. The minimum Gasteiger partial charge on any atom is -0.494 e. The Kier molecular flexibility index (Phi) is 4.91. The Labute approximate surface area is 142 Å². The van der Waals surface area contributed by atoms with Crippen molar-refractivity contribution in [2.45, 2.75) is 31.9 Å². The summed E-state index contributed by atoms with van der Waals surface area (Å²) in [6.45, 7) is 3.02. The lowest BCUT2D eigenvalue weighted by Gasteiger charge is -2.29. The summed E-state index contributed by atoms with van der Waals surface area (Å²) in [5.74, 6) is 0.419. The van der Waals surface area contributed by atoms with Crippen LogP contribution in [-0.2, 0) is 19.4 Å². The molecule has 1 amide bonds. The molecule has 3 rings (SSSR count). The van der Waals surface area contributed by atoms with Gasteiger partial charge in [-0.3, -0.25) is 4.79 Å².